The molecule has 1 atom stereocenters. The zero-order chi connectivity index (χ0) is 13.2. The van der Waals surface area contributed by atoms with E-state index in [1.165, 1.54) is 0 Å². The first-order chi connectivity index (χ1) is 9.25. The van der Waals surface area contributed by atoms with Gasteiger partial charge in [-0.25, -0.2) is 9.37 Å². The number of rotatable bonds is 3. The summed E-state index contributed by atoms with van der Waals surface area (Å²) in [6.45, 7) is 1.88. The number of aromatic nitrogens is 2. The van der Waals surface area contributed by atoms with Crippen molar-refractivity contribution in [3.63, 3.8) is 0 Å². The van der Waals surface area contributed by atoms with Gasteiger partial charge in [-0.1, -0.05) is 12.1 Å². The van der Waals surface area contributed by atoms with E-state index < -0.39 is 6.17 Å². The number of nitrogens with zero attached hydrogens (tertiary/aromatic N) is 2. The lowest BCUT2D eigenvalue weighted by molar-refractivity contribution is 0.184. The Hall–Kier alpha value is -1.42. The Morgan fingerprint density at radius 3 is 2.84 bits per heavy atom. The van der Waals surface area contributed by atoms with Crippen molar-refractivity contribution in [2.24, 2.45) is 13.0 Å². The van der Waals surface area contributed by atoms with Gasteiger partial charge in [0.15, 0.2) is 0 Å². The number of alkyl halides is 1. The van der Waals surface area contributed by atoms with Crippen molar-refractivity contribution < 1.29 is 4.39 Å². The molecule has 3 nitrogen and oxygen atoms in total. The molecule has 1 aliphatic heterocycles. The summed E-state index contributed by atoms with van der Waals surface area (Å²) in [6, 6.07) is 7.98. The largest absolute Gasteiger partial charge is 0.331 e. The van der Waals surface area contributed by atoms with Crippen molar-refractivity contribution in [3.05, 3.63) is 30.1 Å². The van der Waals surface area contributed by atoms with Crippen LogP contribution in [0.3, 0.4) is 0 Å². The Balaban J connectivity index is 1.78. The van der Waals surface area contributed by atoms with Gasteiger partial charge in [0.05, 0.1) is 11.0 Å². The number of piperidine rings is 1. The summed E-state index contributed by atoms with van der Waals surface area (Å²) in [6.07, 6.45) is 1.52. The fraction of sp³-hybridized carbons (Fsp3) is 0.533. The summed E-state index contributed by atoms with van der Waals surface area (Å²) in [5.41, 5.74) is 2.03. The molecule has 1 saturated heterocycles. The van der Waals surface area contributed by atoms with Crippen LogP contribution >= 0.6 is 0 Å². The molecule has 2 aromatic rings. The van der Waals surface area contributed by atoms with E-state index in [1.54, 1.807) is 0 Å². The summed E-state index contributed by atoms with van der Waals surface area (Å²) in [5, 5.41) is 3.28. The zero-order valence-corrected chi connectivity index (χ0v) is 11.3. The Labute approximate surface area is 112 Å². The Morgan fingerprint density at radius 2 is 2.11 bits per heavy atom. The monoisotopic (exact) mass is 261 g/mol. The van der Waals surface area contributed by atoms with Crippen molar-refractivity contribution >= 4 is 11.0 Å². The number of halogens is 1. The summed E-state index contributed by atoms with van der Waals surface area (Å²) >= 11 is 0. The third-order valence-electron chi connectivity index (χ3n) is 4.15. The number of fused-ring (bicyclic) bond motifs is 1. The first kappa shape index (κ1) is 12.6. The molecular formula is C15H20FN3. The Morgan fingerprint density at radius 1 is 1.37 bits per heavy atom. The molecule has 0 aliphatic carbocycles. The number of hydrogen-bond acceptors (Lipinski definition) is 2. The molecule has 1 aromatic carbocycles. The minimum absolute atomic E-state index is 0.182. The summed E-state index contributed by atoms with van der Waals surface area (Å²) in [4.78, 5) is 4.55. The SMILES string of the molecule is Cn1c(CC(F)C2CCNCC2)nc2ccccc21. The van der Waals surface area contributed by atoms with Gasteiger partial charge in [0.2, 0.25) is 0 Å². The highest BCUT2D eigenvalue weighted by Gasteiger charge is 2.25. The maximum atomic E-state index is 14.4. The van der Waals surface area contributed by atoms with Crippen LogP contribution in [-0.4, -0.2) is 28.8 Å². The van der Waals surface area contributed by atoms with E-state index in [0.717, 1.165) is 42.8 Å². The highest BCUT2D eigenvalue weighted by Crippen LogP contribution is 2.23. The molecule has 4 heteroatoms. The average molecular weight is 261 g/mol. The number of imidazole rings is 1. The lowest BCUT2D eigenvalue weighted by Gasteiger charge is -2.25. The molecule has 0 bridgehead atoms. The van der Waals surface area contributed by atoms with E-state index >= 15 is 0 Å². The normalized spacial score (nSPS) is 18.8. The predicted molar refractivity (Wildman–Crippen MR) is 74.9 cm³/mol. The summed E-state index contributed by atoms with van der Waals surface area (Å²) < 4.78 is 16.4. The smallest absolute Gasteiger partial charge is 0.112 e. The predicted octanol–water partition coefficient (Wildman–Crippen LogP) is 2.45. The molecule has 1 N–H and O–H groups in total. The van der Waals surface area contributed by atoms with Crippen LogP contribution in [0.15, 0.2) is 24.3 Å². The number of nitrogens with one attached hydrogen (secondary N) is 1. The van der Waals surface area contributed by atoms with Crippen LogP contribution < -0.4 is 5.32 Å². The van der Waals surface area contributed by atoms with Crippen molar-refractivity contribution in [1.29, 1.82) is 0 Å². The lowest BCUT2D eigenvalue weighted by atomic mass is 9.91. The Bertz CT molecular complexity index is 558. The first-order valence-electron chi connectivity index (χ1n) is 7.01. The molecular weight excluding hydrogens is 241 g/mol. The van der Waals surface area contributed by atoms with Crippen LogP contribution in [0, 0.1) is 5.92 Å². The van der Waals surface area contributed by atoms with E-state index in [1.807, 2.05) is 35.9 Å². The lowest BCUT2D eigenvalue weighted by Crippen LogP contribution is -2.33. The number of para-hydroxylation sites is 2. The van der Waals surface area contributed by atoms with Gasteiger partial charge in [-0.05, 0) is 44.0 Å². The fourth-order valence-electron chi connectivity index (χ4n) is 2.93. The van der Waals surface area contributed by atoms with Gasteiger partial charge in [-0.3, -0.25) is 0 Å². The zero-order valence-electron chi connectivity index (χ0n) is 11.3. The second-order valence-corrected chi connectivity index (χ2v) is 5.38. The molecule has 1 unspecified atom stereocenters. The van der Waals surface area contributed by atoms with Gasteiger partial charge >= 0.3 is 0 Å². The van der Waals surface area contributed by atoms with E-state index in [-0.39, 0.29) is 5.92 Å². The number of hydrogen-bond donors (Lipinski definition) is 1. The molecule has 0 spiro atoms. The van der Waals surface area contributed by atoms with Crippen molar-refractivity contribution in [3.8, 4) is 0 Å². The van der Waals surface area contributed by atoms with E-state index in [4.69, 9.17) is 0 Å². The van der Waals surface area contributed by atoms with E-state index in [9.17, 15) is 4.39 Å². The minimum atomic E-state index is -0.780. The third kappa shape index (κ3) is 2.50. The van der Waals surface area contributed by atoms with Gasteiger partial charge in [-0.2, -0.15) is 0 Å². The molecule has 19 heavy (non-hydrogen) atoms. The third-order valence-corrected chi connectivity index (χ3v) is 4.15. The molecule has 3 rings (SSSR count). The van der Waals surface area contributed by atoms with Crippen LogP contribution in [0.1, 0.15) is 18.7 Å². The Kier molecular flexibility index (Phi) is 3.51. The van der Waals surface area contributed by atoms with E-state index in [2.05, 4.69) is 10.3 Å². The summed E-state index contributed by atoms with van der Waals surface area (Å²) in [5.74, 6) is 1.04. The number of benzene rings is 1. The van der Waals surface area contributed by atoms with Gasteiger partial charge in [0.25, 0.3) is 0 Å². The van der Waals surface area contributed by atoms with Crippen LogP contribution in [0.2, 0.25) is 0 Å². The van der Waals surface area contributed by atoms with Crippen LogP contribution in [0.5, 0.6) is 0 Å². The fourth-order valence-corrected chi connectivity index (χ4v) is 2.93. The van der Waals surface area contributed by atoms with Gasteiger partial charge in [-0.15, -0.1) is 0 Å². The van der Waals surface area contributed by atoms with E-state index in [0.29, 0.717) is 6.42 Å². The molecule has 0 saturated carbocycles. The second-order valence-electron chi connectivity index (χ2n) is 5.38. The highest BCUT2D eigenvalue weighted by molar-refractivity contribution is 5.75. The van der Waals surface area contributed by atoms with Crippen LogP contribution in [-0.2, 0) is 13.5 Å². The van der Waals surface area contributed by atoms with Crippen molar-refractivity contribution in [2.45, 2.75) is 25.4 Å². The second kappa shape index (κ2) is 5.29. The molecule has 1 fully saturated rings. The van der Waals surface area contributed by atoms with Crippen molar-refractivity contribution in [2.75, 3.05) is 13.1 Å². The standard InChI is InChI=1S/C15H20FN3/c1-19-14-5-3-2-4-13(14)18-15(19)10-12(16)11-6-8-17-9-7-11/h2-5,11-12,17H,6-10H2,1H3. The molecule has 1 aliphatic rings. The van der Waals surface area contributed by atoms with Gasteiger partial charge in [0, 0.05) is 13.5 Å². The highest BCUT2D eigenvalue weighted by atomic mass is 19.1. The maximum absolute atomic E-state index is 14.4. The van der Waals surface area contributed by atoms with Gasteiger partial charge < -0.3 is 9.88 Å². The first-order valence-corrected chi connectivity index (χ1v) is 7.01. The molecule has 0 radical (unpaired) electrons. The average Bonchev–Trinajstić information content (AvgIpc) is 2.77. The topological polar surface area (TPSA) is 29.9 Å². The van der Waals surface area contributed by atoms with Gasteiger partial charge in [0.1, 0.15) is 12.0 Å². The summed E-state index contributed by atoms with van der Waals surface area (Å²) in [7, 11) is 1.97. The molecule has 102 valence electrons. The molecule has 1 aromatic heterocycles. The number of aryl methyl sites for hydroxylation is 1. The maximum Gasteiger partial charge on any atom is 0.112 e. The molecule has 0 amide bonds. The van der Waals surface area contributed by atoms with Crippen LogP contribution in [0.25, 0.3) is 11.0 Å². The van der Waals surface area contributed by atoms with Crippen molar-refractivity contribution in [1.82, 2.24) is 14.9 Å². The quantitative estimate of drug-likeness (QED) is 0.919. The molecule has 2 heterocycles. The van der Waals surface area contributed by atoms with Crippen LogP contribution in [0.4, 0.5) is 4.39 Å². The minimum Gasteiger partial charge on any atom is -0.331 e.